The second-order valence-electron chi connectivity index (χ2n) is 7.93. The molecule has 0 bridgehead atoms. The number of carbonyl (C=O) groups excluding carboxylic acids is 2. The van der Waals surface area contributed by atoms with Crippen molar-refractivity contribution in [3.63, 3.8) is 0 Å². The molecule has 3 N–H and O–H groups in total. The fourth-order valence-corrected chi connectivity index (χ4v) is 5.48. The molecule has 1 fully saturated rings. The van der Waals surface area contributed by atoms with Crippen molar-refractivity contribution >= 4 is 45.0 Å². The Morgan fingerprint density at radius 2 is 2.00 bits per heavy atom. The minimum atomic E-state index is -0.265. The molecular formula is C22H23ClN4O3S. The number of hydrogen-bond acceptors (Lipinski definition) is 5. The number of aromatic amines is 1. The van der Waals surface area contributed by atoms with Crippen LogP contribution in [-0.4, -0.2) is 60.6 Å². The molecule has 1 saturated heterocycles. The lowest BCUT2D eigenvalue weighted by Crippen LogP contribution is -2.48. The van der Waals surface area contributed by atoms with E-state index in [1.165, 1.54) is 11.3 Å². The lowest BCUT2D eigenvalue weighted by atomic mass is 10.1. The molecule has 0 saturated carbocycles. The molecule has 2 amide bonds. The zero-order chi connectivity index (χ0) is 21.4. The summed E-state index contributed by atoms with van der Waals surface area (Å²) in [6, 6.07) is 11.2. The van der Waals surface area contributed by atoms with Gasteiger partial charge in [-0.05, 0) is 29.7 Å². The van der Waals surface area contributed by atoms with E-state index in [4.69, 9.17) is 16.3 Å². The first-order valence-corrected chi connectivity index (χ1v) is 11.5. The summed E-state index contributed by atoms with van der Waals surface area (Å²) < 4.78 is 6.04. The largest absolute Gasteiger partial charge is 0.379 e. The van der Waals surface area contributed by atoms with Crippen LogP contribution in [-0.2, 0) is 16.0 Å². The van der Waals surface area contributed by atoms with Gasteiger partial charge in [-0.15, -0.1) is 11.3 Å². The van der Waals surface area contributed by atoms with E-state index in [0.717, 1.165) is 34.4 Å². The van der Waals surface area contributed by atoms with Crippen molar-refractivity contribution in [2.45, 2.75) is 18.5 Å². The van der Waals surface area contributed by atoms with Crippen LogP contribution < -0.4 is 10.6 Å². The van der Waals surface area contributed by atoms with E-state index >= 15 is 0 Å². The van der Waals surface area contributed by atoms with Crippen LogP contribution in [0.3, 0.4) is 0 Å². The summed E-state index contributed by atoms with van der Waals surface area (Å²) >= 11 is 7.44. The molecular weight excluding hydrogens is 436 g/mol. The van der Waals surface area contributed by atoms with Gasteiger partial charge in [-0.25, -0.2) is 0 Å². The Kier molecular flexibility index (Phi) is 5.71. The number of rotatable bonds is 5. The number of ether oxygens (including phenoxy) is 1. The van der Waals surface area contributed by atoms with Gasteiger partial charge in [0.1, 0.15) is 10.5 Å². The molecule has 3 heterocycles. The van der Waals surface area contributed by atoms with Crippen molar-refractivity contribution in [2.24, 2.45) is 0 Å². The summed E-state index contributed by atoms with van der Waals surface area (Å²) in [6.07, 6.45) is 0.672. The minimum absolute atomic E-state index is 0.0436. The van der Waals surface area contributed by atoms with Crippen LogP contribution in [0.1, 0.15) is 27.7 Å². The van der Waals surface area contributed by atoms with E-state index in [9.17, 15) is 9.59 Å². The molecule has 1 aromatic carbocycles. The van der Waals surface area contributed by atoms with Crippen LogP contribution in [0.25, 0.3) is 10.2 Å². The van der Waals surface area contributed by atoms with E-state index < -0.39 is 0 Å². The summed E-state index contributed by atoms with van der Waals surface area (Å²) in [7, 11) is 0. The van der Waals surface area contributed by atoms with Gasteiger partial charge >= 0.3 is 0 Å². The number of thiophene rings is 1. The Labute approximate surface area is 188 Å². The standard InChI is InChI=1S/C22H23ClN4O3S/c23-18-11-14-10-17(25-22(14)31-18)21(29)24-16-9-13-3-1-2-4-15(13)20(16)26-19(28)12-27-5-7-30-8-6-27/h1-4,10-11,16,20,25H,5-9,12H2,(H,24,29)(H,26,28)/t16-,20+/m1/s1. The number of halogens is 1. The third-order valence-corrected chi connectivity index (χ3v) is 7.05. The summed E-state index contributed by atoms with van der Waals surface area (Å²) in [5.74, 6) is -0.234. The third-order valence-electron chi connectivity index (χ3n) is 5.86. The first-order chi connectivity index (χ1) is 15.1. The predicted molar refractivity (Wildman–Crippen MR) is 121 cm³/mol. The SMILES string of the molecule is O=C(CN1CCOCC1)N[C@H]1c2ccccc2C[C@H]1NC(=O)c1cc2cc(Cl)sc2[nH]1. The van der Waals surface area contributed by atoms with E-state index in [0.29, 0.717) is 36.2 Å². The molecule has 0 radical (unpaired) electrons. The summed E-state index contributed by atoms with van der Waals surface area (Å²) in [5.41, 5.74) is 2.69. The molecule has 31 heavy (non-hydrogen) atoms. The van der Waals surface area contributed by atoms with Crippen molar-refractivity contribution < 1.29 is 14.3 Å². The molecule has 162 valence electrons. The Balaban J connectivity index is 1.30. The van der Waals surface area contributed by atoms with Crippen LogP contribution in [0.5, 0.6) is 0 Å². The van der Waals surface area contributed by atoms with Crippen molar-refractivity contribution in [3.05, 3.63) is 57.6 Å². The van der Waals surface area contributed by atoms with E-state index in [1.807, 2.05) is 24.3 Å². The molecule has 9 heteroatoms. The molecule has 5 rings (SSSR count). The third kappa shape index (κ3) is 4.34. The fourth-order valence-electron chi connectivity index (χ4n) is 4.35. The van der Waals surface area contributed by atoms with Crippen molar-refractivity contribution in [1.82, 2.24) is 20.5 Å². The number of carbonyl (C=O) groups is 2. The van der Waals surface area contributed by atoms with Gasteiger partial charge in [0.05, 0.1) is 36.2 Å². The van der Waals surface area contributed by atoms with Gasteiger partial charge in [0.2, 0.25) is 5.91 Å². The average Bonchev–Trinajstić information content (AvgIpc) is 3.40. The Bertz CT molecular complexity index is 1090. The molecule has 0 unspecified atom stereocenters. The normalized spacial score (nSPS) is 21.2. The maximum Gasteiger partial charge on any atom is 0.268 e. The van der Waals surface area contributed by atoms with E-state index in [1.54, 1.807) is 6.07 Å². The number of nitrogens with zero attached hydrogens (tertiary/aromatic N) is 1. The number of nitrogens with one attached hydrogen (secondary N) is 3. The highest BCUT2D eigenvalue weighted by Gasteiger charge is 2.35. The number of fused-ring (bicyclic) bond motifs is 2. The molecule has 0 spiro atoms. The van der Waals surface area contributed by atoms with Crippen LogP contribution in [0.4, 0.5) is 0 Å². The second-order valence-corrected chi connectivity index (χ2v) is 9.62. The molecule has 1 aliphatic carbocycles. The quantitative estimate of drug-likeness (QED) is 0.548. The summed E-state index contributed by atoms with van der Waals surface area (Å²) in [5, 5.41) is 7.20. The molecule has 1 aliphatic heterocycles. The van der Waals surface area contributed by atoms with Crippen molar-refractivity contribution in [3.8, 4) is 0 Å². The maximum atomic E-state index is 12.9. The minimum Gasteiger partial charge on any atom is -0.379 e. The fraction of sp³-hybridized carbons (Fsp3) is 0.364. The lowest BCUT2D eigenvalue weighted by Gasteiger charge is -2.28. The number of amides is 2. The van der Waals surface area contributed by atoms with Crippen LogP contribution in [0.2, 0.25) is 4.34 Å². The predicted octanol–water partition coefficient (Wildman–Crippen LogP) is 2.73. The van der Waals surface area contributed by atoms with E-state index in [2.05, 4.69) is 26.6 Å². The maximum absolute atomic E-state index is 12.9. The molecule has 2 atom stereocenters. The highest BCUT2D eigenvalue weighted by molar-refractivity contribution is 7.22. The van der Waals surface area contributed by atoms with Gasteiger partial charge in [-0.3, -0.25) is 14.5 Å². The Morgan fingerprint density at radius 3 is 2.81 bits per heavy atom. The van der Waals surface area contributed by atoms with Crippen LogP contribution >= 0.6 is 22.9 Å². The highest BCUT2D eigenvalue weighted by atomic mass is 35.5. The van der Waals surface area contributed by atoms with Crippen molar-refractivity contribution in [1.29, 1.82) is 0 Å². The molecule has 2 aliphatic rings. The second kappa shape index (κ2) is 8.63. The van der Waals surface area contributed by atoms with Gasteiger partial charge in [0.25, 0.3) is 5.91 Å². The number of morpholine rings is 1. The zero-order valence-corrected chi connectivity index (χ0v) is 18.4. The number of H-pyrrole nitrogens is 1. The molecule has 7 nitrogen and oxygen atoms in total. The lowest BCUT2D eigenvalue weighted by molar-refractivity contribution is -0.124. The number of hydrogen-bond donors (Lipinski definition) is 3. The highest BCUT2D eigenvalue weighted by Crippen LogP contribution is 2.32. The smallest absolute Gasteiger partial charge is 0.268 e. The van der Waals surface area contributed by atoms with Gasteiger partial charge in [-0.2, -0.15) is 0 Å². The number of benzene rings is 1. The van der Waals surface area contributed by atoms with E-state index in [-0.39, 0.29) is 23.9 Å². The average molecular weight is 459 g/mol. The van der Waals surface area contributed by atoms with Gasteiger partial charge in [-0.1, -0.05) is 35.9 Å². The first kappa shape index (κ1) is 20.5. The summed E-state index contributed by atoms with van der Waals surface area (Å²) in [4.78, 5) is 31.8. The van der Waals surface area contributed by atoms with Crippen LogP contribution in [0, 0.1) is 0 Å². The first-order valence-electron chi connectivity index (χ1n) is 10.3. The summed E-state index contributed by atoms with van der Waals surface area (Å²) in [6.45, 7) is 3.13. The Hall–Kier alpha value is -2.39. The molecule has 3 aromatic rings. The van der Waals surface area contributed by atoms with Gasteiger partial charge in [0, 0.05) is 18.5 Å². The van der Waals surface area contributed by atoms with Crippen LogP contribution in [0.15, 0.2) is 36.4 Å². The molecule has 2 aromatic heterocycles. The zero-order valence-electron chi connectivity index (χ0n) is 16.8. The topological polar surface area (TPSA) is 86.5 Å². The van der Waals surface area contributed by atoms with Crippen molar-refractivity contribution in [2.75, 3.05) is 32.8 Å². The number of aromatic nitrogens is 1. The van der Waals surface area contributed by atoms with Gasteiger partial charge in [0.15, 0.2) is 0 Å². The van der Waals surface area contributed by atoms with Gasteiger partial charge < -0.3 is 20.4 Å². The Morgan fingerprint density at radius 1 is 1.19 bits per heavy atom. The monoisotopic (exact) mass is 458 g/mol.